The van der Waals surface area contributed by atoms with E-state index in [0.29, 0.717) is 23.9 Å². The molecule has 7 heteroatoms. The minimum absolute atomic E-state index is 0.114. The number of aromatic nitrogens is 3. The smallest absolute Gasteiger partial charge is 0.278 e. The van der Waals surface area contributed by atoms with E-state index >= 15 is 0 Å². The summed E-state index contributed by atoms with van der Waals surface area (Å²) in [5.41, 5.74) is 0.204. The van der Waals surface area contributed by atoms with Gasteiger partial charge in [0.2, 0.25) is 5.91 Å². The Morgan fingerprint density at radius 1 is 1.24 bits per heavy atom. The van der Waals surface area contributed by atoms with Gasteiger partial charge in [0, 0.05) is 13.0 Å². The van der Waals surface area contributed by atoms with Crippen molar-refractivity contribution in [1.29, 1.82) is 0 Å². The van der Waals surface area contributed by atoms with Gasteiger partial charge < -0.3 is 9.73 Å². The third kappa shape index (κ3) is 3.60. The second kappa shape index (κ2) is 7.29. The lowest BCUT2D eigenvalue weighted by molar-refractivity contribution is -0.126. The fraction of sp³-hybridized carbons (Fsp3) is 0.333. The number of hydrogen-bond acceptors (Lipinski definition) is 5. The molecule has 0 saturated carbocycles. The Bertz CT molecular complexity index is 915. The number of nitrogens with one attached hydrogen (secondary N) is 1. The number of benzene rings is 1. The monoisotopic (exact) mass is 340 g/mol. The molecule has 0 fully saturated rings. The van der Waals surface area contributed by atoms with Gasteiger partial charge in [-0.15, -0.1) is 5.10 Å². The van der Waals surface area contributed by atoms with Gasteiger partial charge in [0.1, 0.15) is 17.3 Å². The van der Waals surface area contributed by atoms with E-state index < -0.39 is 6.04 Å². The van der Waals surface area contributed by atoms with Crippen LogP contribution in [0.25, 0.3) is 10.9 Å². The summed E-state index contributed by atoms with van der Waals surface area (Å²) in [6.07, 6.45) is 2.18. The van der Waals surface area contributed by atoms with Crippen molar-refractivity contribution in [2.75, 3.05) is 6.54 Å². The van der Waals surface area contributed by atoms with E-state index in [1.54, 1.807) is 36.6 Å². The summed E-state index contributed by atoms with van der Waals surface area (Å²) in [6.45, 7) is 4.17. The summed E-state index contributed by atoms with van der Waals surface area (Å²) in [4.78, 5) is 25.3. The highest BCUT2D eigenvalue weighted by molar-refractivity contribution is 5.81. The Balaban J connectivity index is 1.82. The van der Waals surface area contributed by atoms with Gasteiger partial charge in [0.25, 0.3) is 5.56 Å². The first kappa shape index (κ1) is 16.9. The molecule has 0 saturated heterocycles. The van der Waals surface area contributed by atoms with Crippen LogP contribution in [0.4, 0.5) is 0 Å². The first-order chi connectivity index (χ1) is 12.1. The number of carbonyl (C=O) groups is 1. The molecule has 0 bridgehead atoms. The Kier molecular flexibility index (Phi) is 4.92. The molecule has 2 heterocycles. The third-order valence-corrected chi connectivity index (χ3v) is 4.01. The fourth-order valence-corrected chi connectivity index (χ4v) is 2.75. The highest BCUT2D eigenvalue weighted by Crippen LogP contribution is 2.16. The third-order valence-electron chi connectivity index (χ3n) is 4.01. The van der Waals surface area contributed by atoms with Crippen LogP contribution >= 0.6 is 0 Å². The highest BCUT2D eigenvalue weighted by atomic mass is 16.3. The maximum atomic E-state index is 12.7. The molecule has 1 unspecified atom stereocenters. The lowest BCUT2D eigenvalue weighted by Gasteiger charge is -2.21. The summed E-state index contributed by atoms with van der Waals surface area (Å²) in [5, 5.41) is 11.3. The van der Waals surface area contributed by atoms with E-state index in [0.717, 1.165) is 5.76 Å². The zero-order valence-electron chi connectivity index (χ0n) is 14.2. The summed E-state index contributed by atoms with van der Waals surface area (Å²) in [6, 6.07) is 9.91. The Hall–Kier alpha value is -2.96. The van der Waals surface area contributed by atoms with Crippen molar-refractivity contribution >= 4 is 16.8 Å². The zero-order valence-corrected chi connectivity index (χ0v) is 14.2. The van der Waals surface area contributed by atoms with E-state index in [9.17, 15) is 9.59 Å². The van der Waals surface area contributed by atoms with Crippen LogP contribution in [0.3, 0.4) is 0 Å². The summed E-state index contributed by atoms with van der Waals surface area (Å²) < 4.78 is 6.42. The van der Waals surface area contributed by atoms with Gasteiger partial charge in [-0.25, -0.2) is 0 Å². The lowest BCUT2D eigenvalue weighted by atomic mass is 10.0. The summed E-state index contributed by atoms with van der Waals surface area (Å²) in [5.74, 6) is 0.425. The van der Waals surface area contributed by atoms with Gasteiger partial charge in [-0.1, -0.05) is 31.2 Å². The summed E-state index contributed by atoms with van der Waals surface area (Å²) in [7, 11) is 0. The van der Waals surface area contributed by atoms with Crippen LogP contribution in [0.15, 0.2) is 51.9 Å². The van der Waals surface area contributed by atoms with Gasteiger partial charge in [-0.3, -0.25) is 9.59 Å². The Labute approximate surface area is 144 Å². The SMILES string of the molecule is CC(C)C(C(=O)NCCc1ccco1)n1nnc2ccccc2c1=O. The van der Waals surface area contributed by atoms with Crippen molar-refractivity contribution < 1.29 is 9.21 Å². The molecule has 25 heavy (non-hydrogen) atoms. The number of nitrogens with zero attached hydrogens (tertiary/aromatic N) is 3. The standard InChI is InChI=1S/C18H20N4O3/c1-12(2)16(17(23)19-10-9-13-6-5-11-25-13)22-18(24)14-7-3-4-8-15(14)20-21-22/h3-8,11-12,16H,9-10H2,1-2H3,(H,19,23). The van der Waals surface area contributed by atoms with Crippen LogP contribution in [0, 0.1) is 5.92 Å². The average Bonchev–Trinajstić information content (AvgIpc) is 3.10. The second-order valence-electron chi connectivity index (χ2n) is 6.17. The van der Waals surface area contributed by atoms with Crippen LogP contribution in [0.1, 0.15) is 25.6 Å². The molecule has 0 aliphatic heterocycles. The maximum Gasteiger partial charge on any atom is 0.278 e. The van der Waals surface area contributed by atoms with Crippen molar-refractivity contribution in [3.05, 3.63) is 58.8 Å². The number of carbonyl (C=O) groups excluding carboxylic acids is 1. The summed E-state index contributed by atoms with van der Waals surface area (Å²) >= 11 is 0. The molecule has 130 valence electrons. The molecule has 0 aliphatic carbocycles. The Morgan fingerprint density at radius 2 is 2.04 bits per heavy atom. The van der Waals surface area contributed by atoms with Crippen LogP contribution in [-0.4, -0.2) is 27.4 Å². The van der Waals surface area contributed by atoms with Crippen LogP contribution < -0.4 is 10.9 Å². The molecular formula is C18H20N4O3. The van der Waals surface area contributed by atoms with Crippen molar-refractivity contribution in [3.63, 3.8) is 0 Å². The van der Waals surface area contributed by atoms with Gasteiger partial charge >= 0.3 is 0 Å². The van der Waals surface area contributed by atoms with E-state index in [1.165, 1.54) is 4.68 Å². The van der Waals surface area contributed by atoms with Crippen molar-refractivity contribution in [3.8, 4) is 0 Å². The molecule has 1 atom stereocenters. The Morgan fingerprint density at radius 3 is 2.76 bits per heavy atom. The largest absolute Gasteiger partial charge is 0.469 e. The van der Waals surface area contributed by atoms with Crippen molar-refractivity contribution in [1.82, 2.24) is 20.3 Å². The van der Waals surface area contributed by atoms with Gasteiger partial charge in [0.15, 0.2) is 0 Å². The van der Waals surface area contributed by atoms with E-state index in [4.69, 9.17) is 4.42 Å². The average molecular weight is 340 g/mol. The molecule has 0 spiro atoms. The topological polar surface area (TPSA) is 90.0 Å². The van der Waals surface area contributed by atoms with Gasteiger partial charge in [0.05, 0.1) is 11.6 Å². The predicted octanol–water partition coefficient (Wildman–Crippen LogP) is 1.94. The quantitative estimate of drug-likeness (QED) is 0.740. The molecule has 1 aromatic carbocycles. The second-order valence-corrected chi connectivity index (χ2v) is 6.17. The molecule has 2 aromatic heterocycles. The molecule has 1 amide bonds. The van der Waals surface area contributed by atoms with E-state index in [2.05, 4.69) is 15.6 Å². The number of rotatable bonds is 6. The van der Waals surface area contributed by atoms with E-state index in [1.807, 2.05) is 19.9 Å². The van der Waals surface area contributed by atoms with Crippen LogP contribution in [0.5, 0.6) is 0 Å². The van der Waals surface area contributed by atoms with Crippen molar-refractivity contribution in [2.45, 2.75) is 26.3 Å². The van der Waals surface area contributed by atoms with Crippen LogP contribution in [0.2, 0.25) is 0 Å². The molecule has 7 nitrogen and oxygen atoms in total. The highest BCUT2D eigenvalue weighted by Gasteiger charge is 2.27. The lowest BCUT2D eigenvalue weighted by Crippen LogP contribution is -2.42. The molecular weight excluding hydrogens is 320 g/mol. The van der Waals surface area contributed by atoms with Crippen molar-refractivity contribution in [2.24, 2.45) is 5.92 Å². The molecule has 0 aliphatic rings. The minimum atomic E-state index is -0.721. The zero-order chi connectivity index (χ0) is 17.8. The van der Waals surface area contributed by atoms with E-state index in [-0.39, 0.29) is 17.4 Å². The normalized spacial score (nSPS) is 12.4. The first-order valence-electron chi connectivity index (χ1n) is 8.22. The minimum Gasteiger partial charge on any atom is -0.469 e. The molecule has 0 radical (unpaired) electrons. The fourth-order valence-electron chi connectivity index (χ4n) is 2.75. The number of amides is 1. The molecule has 1 N–H and O–H groups in total. The number of furan rings is 1. The molecule has 3 aromatic rings. The van der Waals surface area contributed by atoms with Gasteiger partial charge in [-0.2, -0.15) is 4.68 Å². The number of fused-ring (bicyclic) bond motifs is 1. The predicted molar refractivity (Wildman–Crippen MR) is 93.1 cm³/mol. The van der Waals surface area contributed by atoms with Crippen LogP contribution in [-0.2, 0) is 11.2 Å². The van der Waals surface area contributed by atoms with Gasteiger partial charge in [-0.05, 0) is 30.2 Å². The number of hydrogen-bond donors (Lipinski definition) is 1. The first-order valence-corrected chi connectivity index (χ1v) is 8.22. The maximum absolute atomic E-state index is 12.7. The molecule has 3 rings (SSSR count).